The van der Waals surface area contributed by atoms with Gasteiger partial charge in [-0.1, -0.05) is 17.7 Å². The van der Waals surface area contributed by atoms with E-state index in [9.17, 15) is 22.0 Å². The lowest BCUT2D eigenvalue weighted by Crippen LogP contribution is -2.45. The zero-order chi connectivity index (χ0) is 12.6. The van der Waals surface area contributed by atoms with E-state index in [1.165, 1.54) is 0 Å². The largest absolute Gasteiger partial charge is 0.455 e. The molecule has 0 fully saturated rings. The van der Waals surface area contributed by atoms with Gasteiger partial charge in [0.15, 0.2) is 0 Å². The van der Waals surface area contributed by atoms with Crippen molar-refractivity contribution >= 4 is 11.6 Å². The Labute approximate surface area is 92.2 Å². The molecule has 0 spiro atoms. The second-order valence-electron chi connectivity index (χ2n) is 3.01. The van der Waals surface area contributed by atoms with Crippen LogP contribution in [-0.4, -0.2) is 17.1 Å². The molecule has 0 aliphatic heterocycles. The van der Waals surface area contributed by atoms with Crippen molar-refractivity contribution in [1.29, 1.82) is 0 Å². The van der Waals surface area contributed by atoms with E-state index in [1.54, 1.807) is 0 Å². The molecule has 8 heteroatoms. The third-order valence-electron chi connectivity index (χ3n) is 1.88. The average Bonchev–Trinajstić information content (AvgIpc) is 2.16. The minimum Gasteiger partial charge on any atom is -0.319 e. The monoisotopic (exact) mass is 260 g/mol. The fourth-order valence-electron chi connectivity index (χ4n) is 0.957. The van der Waals surface area contributed by atoms with Crippen LogP contribution in [0.15, 0.2) is 18.3 Å². The Morgan fingerprint density at radius 1 is 1.19 bits per heavy atom. The maximum Gasteiger partial charge on any atom is 0.455 e. The molecule has 1 aromatic rings. The first-order valence-electron chi connectivity index (χ1n) is 3.98. The van der Waals surface area contributed by atoms with Crippen molar-refractivity contribution in [3.05, 3.63) is 29.0 Å². The first-order valence-corrected chi connectivity index (χ1v) is 4.35. The maximum absolute atomic E-state index is 12.8. The molecule has 0 aliphatic carbocycles. The highest BCUT2D eigenvalue weighted by molar-refractivity contribution is 6.29. The summed E-state index contributed by atoms with van der Waals surface area (Å²) in [7, 11) is 0. The number of halogens is 6. The van der Waals surface area contributed by atoms with E-state index in [1.807, 2.05) is 0 Å². The van der Waals surface area contributed by atoms with Gasteiger partial charge in [0, 0.05) is 6.20 Å². The van der Waals surface area contributed by atoms with Gasteiger partial charge < -0.3 is 5.73 Å². The van der Waals surface area contributed by atoms with Crippen LogP contribution < -0.4 is 5.73 Å². The SMILES string of the molecule is N[C@@H](c1ccc(Cl)nc1)C(F)(F)C(F)(F)F. The summed E-state index contributed by atoms with van der Waals surface area (Å²) in [6.45, 7) is 0. The van der Waals surface area contributed by atoms with E-state index in [4.69, 9.17) is 17.3 Å². The molecule has 16 heavy (non-hydrogen) atoms. The smallest absolute Gasteiger partial charge is 0.319 e. The average molecular weight is 261 g/mol. The predicted molar refractivity (Wildman–Crippen MR) is 47.2 cm³/mol. The third kappa shape index (κ3) is 2.41. The Morgan fingerprint density at radius 3 is 2.12 bits per heavy atom. The van der Waals surface area contributed by atoms with Crippen molar-refractivity contribution in [3.63, 3.8) is 0 Å². The summed E-state index contributed by atoms with van der Waals surface area (Å²) in [6, 6.07) is -0.444. The van der Waals surface area contributed by atoms with Gasteiger partial charge in [0.2, 0.25) is 0 Å². The number of hydrogen-bond donors (Lipinski definition) is 1. The highest BCUT2D eigenvalue weighted by Gasteiger charge is 2.61. The minimum atomic E-state index is -5.70. The van der Waals surface area contributed by atoms with Crippen LogP contribution in [0.1, 0.15) is 11.6 Å². The Bertz CT molecular complexity index is 362. The lowest BCUT2D eigenvalue weighted by Gasteiger charge is -2.25. The lowest BCUT2D eigenvalue weighted by molar-refractivity contribution is -0.291. The van der Waals surface area contributed by atoms with Crippen molar-refractivity contribution in [2.75, 3.05) is 0 Å². The molecule has 90 valence electrons. The van der Waals surface area contributed by atoms with Crippen molar-refractivity contribution in [1.82, 2.24) is 4.98 Å². The van der Waals surface area contributed by atoms with Crippen LogP contribution in [0.25, 0.3) is 0 Å². The third-order valence-corrected chi connectivity index (χ3v) is 2.10. The van der Waals surface area contributed by atoms with Gasteiger partial charge in [-0.05, 0) is 11.6 Å². The molecule has 1 atom stereocenters. The molecule has 0 saturated carbocycles. The Kier molecular flexibility index (Phi) is 3.39. The topological polar surface area (TPSA) is 38.9 Å². The van der Waals surface area contributed by atoms with Crippen LogP contribution in [0.3, 0.4) is 0 Å². The van der Waals surface area contributed by atoms with Crippen LogP contribution in [0.5, 0.6) is 0 Å². The first kappa shape index (κ1) is 13.1. The van der Waals surface area contributed by atoms with Crippen LogP contribution in [-0.2, 0) is 0 Å². The second-order valence-corrected chi connectivity index (χ2v) is 3.40. The predicted octanol–water partition coefficient (Wildman–Crippen LogP) is 2.93. The molecule has 2 nitrogen and oxygen atoms in total. The summed E-state index contributed by atoms with van der Waals surface area (Å²) >= 11 is 5.36. The van der Waals surface area contributed by atoms with E-state index in [0.717, 1.165) is 18.3 Å². The van der Waals surface area contributed by atoms with Crippen LogP contribution in [0.4, 0.5) is 22.0 Å². The summed E-state index contributed by atoms with van der Waals surface area (Å²) in [5.41, 5.74) is 4.42. The number of hydrogen-bond acceptors (Lipinski definition) is 2. The van der Waals surface area contributed by atoms with Crippen LogP contribution >= 0.6 is 11.6 Å². The fourth-order valence-corrected chi connectivity index (χ4v) is 1.07. The summed E-state index contributed by atoms with van der Waals surface area (Å²) in [5.74, 6) is -5.01. The van der Waals surface area contributed by atoms with Crippen molar-refractivity contribution in [2.24, 2.45) is 5.73 Å². The van der Waals surface area contributed by atoms with E-state index in [0.29, 0.717) is 0 Å². The first-order chi connectivity index (χ1) is 7.16. The number of nitrogens with two attached hydrogens (primary N) is 1. The molecule has 1 aromatic heterocycles. The Hall–Kier alpha value is -0.950. The van der Waals surface area contributed by atoms with E-state index in [2.05, 4.69) is 4.98 Å². The number of nitrogens with zero attached hydrogens (tertiary/aromatic N) is 1. The molecule has 2 N–H and O–H groups in total. The molecule has 0 aliphatic rings. The van der Waals surface area contributed by atoms with Crippen molar-refractivity contribution < 1.29 is 22.0 Å². The summed E-state index contributed by atoms with van der Waals surface area (Å²) < 4.78 is 61.5. The van der Waals surface area contributed by atoms with Gasteiger partial charge in [-0.3, -0.25) is 0 Å². The van der Waals surface area contributed by atoms with Gasteiger partial charge in [-0.25, -0.2) is 4.98 Å². The highest BCUT2D eigenvalue weighted by Crippen LogP contribution is 2.43. The molecule has 0 radical (unpaired) electrons. The number of alkyl halides is 5. The van der Waals surface area contributed by atoms with Gasteiger partial charge in [0.25, 0.3) is 0 Å². The number of rotatable bonds is 2. The van der Waals surface area contributed by atoms with Gasteiger partial charge >= 0.3 is 12.1 Å². The minimum absolute atomic E-state index is 0.0220. The molecule has 1 heterocycles. The summed E-state index contributed by atoms with van der Waals surface area (Å²) in [5, 5.41) is -0.0220. The Morgan fingerprint density at radius 2 is 1.75 bits per heavy atom. The lowest BCUT2D eigenvalue weighted by atomic mass is 10.0. The van der Waals surface area contributed by atoms with Gasteiger partial charge in [-0.2, -0.15) is 22.0 Å². The zero-order valence-corrected chi connectivity index (χ0v) is 8.36. The zero-order valence-electron chi connectivity index (χ0n) is 7.60. The maximum atomic E-state index is 12.8. The highest BCUT2D eigenvalue weighted by atomic mass is 35.5. The second kappa shape index (κ2) is 4.14. The molecule has 0 aromatic carbocycles. The van der Waals surface area contributed by atoms with Crippen LogP contribution in [0, 0.1) is 0 Å². The standard InChI is InChI=1S/C8H6ClF5N2/c9-5-2-1-4(3-16-5)6(15)7(10,11)8(12,13)14/h1-3,6H,15H2/t6-/m0/s1. The molecule has 0 amide bonds. The quantitative estimate of drug-likeness (QED) is 0.656. The summed E-state index contributed by atoms with van der Waals surface area (Å²) in [6.07, 6.45) is -4.92. The number of pyridine rings is 1. The fraction of sp³-hybridized carbons (Fsp3) is 0.375. The van der Waals surface area contributed by atoms with Crippen molar-refractivity contribution in [3.8, 4) is 0 Å². The number of aromatic nitrogens is 1. The molecule has 0 bridgehead atoms. The normalized spacial score (nSPS) is 14.9. The summed E-state index contributed by atoms with van der Waals surface area (Å²) in [4.78, 5) is 3.38. The molecule has 1 rings (SSSR count). The van der Waals surface area contributed by atoms with Gasteiger partial charge in [0.1, 0.15) is 11.2 Å². The van der Waals surface area contributed by atoms with Crippen LogP contribution in [0.2, 0.25) is 5.15 Å². The molecule has 0 saturated heterocycles. The van der Waals surface area contributed by atoms with Gasteiger partial charge in [0.05, 0.1) is 0 Å². The molecule has 0 unspecified atom stereocenters. The van der Waals surface area contributed by atoms with E-state index < -0.39 is 23.7 Å². The molecular formula is C8H6ClF5N2. The Balaban J connectivity index is 3.02. The molecular weight excluding hydrogens is 255 g/mol. The van der Waals surface area contributed by atoms with E-state index >= 15 is 0 Å². The van der Waals surface area contributed by atoms with E-state index in [-0.39, 0.29) is 5.15 Å². The van der Waals surface area contributed by atoms with Crippen molar-refractivity contribution in [2.45, 2.75) is 18.1 Å². The van der Waals surface area contributed by atoms with Gasteiger partial charge in [-0.15, -0.1) is 0 Å².